The van der Waals surface area contributed by atoms with E-state index in [0.29, 0.717) is 6.42 Å². The van der Waals surface area contributed by atoms with Crippen molar-refractivity contribution in [1.82, 2.24) is 4.72 Å². The van der Waals surface area contributed by atoms with Crippen molar-refractivity contribution >= 4 is 15.7 Å². The second kappa shape index (κ2) is 6.47. The predicted octanol–water partition coefficient (Wildman–Crippen LogP) is 2.35. The molecule has 0 aromatic rings. The van der Waals surface area contributed by atoms with Gasteiger partial charge in [0.15, 0.2) is 0 Å². The predicted molar refractivity (Wildman–Crippen MR) is 85.9 cm³/mol. The molecule has 3 unspecified atom stereocenters. The fourth-order valence-electron chi connectivity index (χ4n) is 4.16. The highest BCUT2D eigenvalue weighted by Gasteiger charge is 2.60. The first-order valence-corrected chi connectivity index (χ1v) is 10.00. The van der Waals surface area contributed by atoms with Crippen LogP contribution in [0.1, 0.15) is 44.9 Å². The molecule has 5 nitrogen and oxygen atoms in total. The molecule has 0 saturated heterocycles. The van der Waals surface area contributed by atoms with Crippen molar-refractivity contribution in [3.63, 3.8) is 0 Å². The summed E-state index contributed by atoms with van der Waals surface area (Å²) in [6.07, 6.45) is 1.34. The van der Waals surface area contributed by atoms with E-state index in [2.05, 4.69) is 15.6 Å². The summed E-state index contributed by atoms with van der Waals surface area (Å²) >= 11 is 0. The Morgan fingerprint density at radius 2 is 2.04 bits per heavy atom. The fourth-order valence-corrected chi connectivity index (χ4v) is 5.76. The second-order valence-corrected chi connectivity index (χ2v) is 9.15. The van der Waals surface area contributed by atoms with Gasteiger partial charge in [-0.15, -0.1) is 0 Å². The van der Waals surface area contributed by atoms with Gasteiger partial charge in [-0.2, -0.15) is 13.2 Å². The summed E-state index contributed by atoms with van der Waals surface area (Å²) in [5.74, 6) is 2.74. The molecule has 2 saturated carbocycles. The molecule has 0 radical (unpaired) electrons. The molecule has 4 atom stereocenters. The lowest BCUT2D eigenvalue weighted by Crippen LogP contribution is -2.43. The Bertz CT molecular complexity index is 723. The Morgan fingerprint density at radius 1 is 1.28 bits per heavy atom. The van der Waals surface area contributed by atoms with E-state index in [1.807, 2.05) is 6.11 Å². The molecule has 2 aliphatic carbocycles. The third-order valence-corrected chi connectivity index (χ3v) is 7.57. The average Bonchev–Trinajstić information content (AvgIpc) is 3.21. The molecule has 3 rings (SSSR count). The molecule has 1 aliphatic heterocycles. The zero-order chi connectivity index (χ0) is 18.3. The van der Waals surface area contributed by atoms with Gasteiger partial charge in [-0.25, -0.2) is 13.1 Å². The van der Waals surface area contributed by atoms with Crippen molar-refractivity contribution in [3.8, 4) is 12.0 Å². The third kappa shape index (κ3) is 3.65. The van der Waals surface area contributed by atoms with E-state index in [4.69, 9.17) is 5.11 Å². The Labute approximate surface area is 145 Å². The highest BCUT2D eigenvalue weighted by Crippen LogP contribution is 2.59. The minimum Gasteiger partial charge on any atom is -0.462 e. The Hall–Kier alpha value is -1.27. The third-order valence-electron chi connectivity index (χ3n) is 5.70. The summed E-state index contributed by atoms with van der Waals surface area (Å²) in [5.41, 5.74) is -1.12. The van der Waals surface area contributed by atoms with Crippen LogP contribution in [0.5, 0.6) is 0 Å². The Morgan fingerprint density at radius 3 is 2.64 bits per heavy atom. The normalized spacial score (nSPS) is 35.6. The molecule has 9 heteroatoms. The summed E-state index contributed by atoms with van der Waals surface area (Å²) in [4.78, 5) is 3.44. The first-order chi connectivity index (χ1) is 11.7. The molecule has 0 aromatic carbocycles. The number of aliphatic hydroxyl groups excluding tert-OH is 1. The lowest BCUT2D eigenvalue weighted by molar-refractivity contribution is -0.0611. The van der Waals surface area contributed by atoms with E-state index in [1.165, 1.54) is 0 Å². The highest BCUT2D eigenvalue weighted by molar-refractivity contribution is 7.90. The van der Waals surface area contributed by atoms with Crippen LogP contribution in [-0.2, 0) is 10.0 Å². The first-order valence-electron chi connectivity index (χ1n) is 8.45. The molecule has 3 aliphatic rings. The lowest BCUT2D eigenvalue weighted by Gasteiger charge is -2.29. The number of hydrogen-bond donors (Lipinski definition) is 2. The van der Waals surface area contributed by atoms with Crippen LogP contribution < -0.4 is 4.72 Å². The van der Waals surface area contributed by atoms with Crippen LogP contribution in [0.25, 0.3) is 0 Å². The molecule has 0 bridgehead atoms. The van der Waals surface area contributed by atoms with Gasteiger partial charge in [-0.05, 0) is 32.1 Å². The maximum Gasteiger partial charge on any atom is 0.429 e. The number of aliphatic imine (C=N–C) groups is 1. The van der Waals surface area contributed by atoms with E-state index in [1.54, 1.807) is 0 Å². The number of rotatable bonds is 3. The number of nitrogens with one attached hydrogen (secondary N) is 1. The summed E-state index contributed by atoms with van der Waals surface area (Å²) in [7, 11) is -3.74. The number of alkyl halides is 3. The first kappa shape index (κ1) is 18.5. The van der Waals surface area contributed by atoms with Gasteiger partial charge in [-0.3, -0.25) is 4.99 Å². The van der Waals surface area contributed by atoms with Gasteiger partial charge in [-0.1, -0.05) is 18.8 Å². The van der Waals surface area contributed by atoms with Gasteiger partial charge < -0.3 is 5.11 Å². The smallest absolute Gasteiger partial charge is 0.429 e. The molecule has 2 N–H and O–H groups in total. The molecule has 25 heavy (non-hydrogen) atoms. The number of aliphatic hydroxyl groups is 1. The van der Waals surface area contributed by atoms with Gasteiger partial charge in [0.05, 0.1) is 11.8 Å². The standard InChI is InChI=1S/C16H21F3N2O3S/c17-16(18,19)13-5-4-12(10-20-13)25(23,24)21-14-9-15(14)7-2-1-3-11(15)6-8-22/h11-12,14,21-22H,1-5,7,9-10H2/t11?,12?,14?,15-/m0/s1. The number of sulfonamides is 1. The SMILES string of the molecule is O=S(=O)(NC1C[C@]12CCCCC2C#CO)C1CCC(C(F)(F)F)=NC1. The zero-order valence-corrected chi connectivity index (χ0v) is 14.5. The number of halogens is 3. The van der Waals surface area contributed by atoms with Crippen LogP contribution in [-0.4, -0.2) is 43.2 Å². The van der Waals surface area contributed by atoms with Gasteiger partial charge in [0.1, 0.15) is 11.8 Å². The maximum atomic E-state index is 12.6. The largest absolute Gasteiger partial charge is 0.462 e. The summed E-state index contributed by atoms with van der Waals surface area (Å²) in [6, 6.07) is -0.253. The zero-order valence-electron chi connectivity index (χ0n) is 13.6. The van der Waals surface area contributed by atoms with Crippen molar-refractivity contribution in [2.75, 3.05) is 6.54 Å². The fraction of sp³-hybridized carbons (Fsp3) is 0.812. The second-order valence-electron chi connectivity index (χ2n) is 7.15. The molecular formula is C16H21F3N2O3S. The van der Waals surface area contributed by atoms with Gasteiger partial charge in [0.25, 0.3) is 0 Å². The number of hydrogen-bond acceptors (Lipinski definition) is 4. The van der Waals surface area contributed by atoms with Crippen molar-refractivity contribution in [2.45, 2.75) is 62.4 Å². The van der Waals surface area contributed by atoms with Crippen molar-refractivity contribution in [1.29, 1.82) is 0 Å². The van der Waals surface area contributed by atoms with Gasteiger partial charge >= 0.3 is 6.18 Å². The summed E-state index contributed by atoms with van der Waals surface area (Å²) in [6.45, 7) is -0.357. The Kier molecular flexibility index (Phi) is 4.79. The van der Waals surface area contributed by atoms with Gasteiger partial charge in [0, 0.05) is 17.4 Å². The van der Waals surface area contributed by atoms with Crippen LogP contribution in [0.3, 0.4) is 0 Å². The Balaban J connectivity index is 1.65. The molecular weight excluding hydrogens is 357 g/mol. The lowest BCUT2D eigenvalue weighted by atomic mass is 9.76. The topological polar surface area (TPSA) is 78.8 Å². The van der Waals surface area contributed by atoms with Crippen LogP contribution in [0, 0.1) is 23.4 Å². The molecule has 1 spiro atoms. The average molecular weight is 378 g/mol. The monoisotopic (exact) mass is 378 g/mol. The summed E-state index contributed by atoms with van der Waals surface area (Å²) in [5, 5.41) is 7.96. The van der Waals surface area contributed by atoms with Crippen molar-refractivity contribution in [2.24, 2.45) is 16.3 Å². The van der Waals surface area contributed by atoms with E-state index in [0.717, 1.165) is 25.7 Å². The van der Waals surface area contributed by atoms with E-state index >= 15 is 0 Å². The van der Waals surface area contributed by atoms with Crippen LogP contribution in [0.2, 0.25) is 0 Å². The molecule has 0 aromatic heterocycles. The van der Waals surface area contributed by atoms with E-state index in [9.17, 15) is 21.6 Å². The quantitative estimate of drug-likeness (QED) is 0.740. The van der Waals surface area contributed by atoms with E-state index < -0.39 is 27.2 Å². The summed E-state index contributed by atoms with van der Waals surface area (Å²) < 4.78 is 65.6. The highest BCUT2D eigenvalue weighted by atomic mass is 32.2. The van der Waals surface area contributed by atoms with Gasteiger partial charge in [0.2, 0.25) is 10.0 Å². The minimum absolute atomic E-state index is 0.0415. The molecule has 2 fully saturated rings. The van der Waals surface area contributed by atoms with E-state index in [-0.39, 0.29) is 36.8 Å². The maximum absolute atomic E-state index is 12.6. The van der Waals surface area contributed by atoms with Crippen LogP contribution in [0.4, 0.5) is 13.2 Å². The van der Waals surface area contributed by atoms with Crippen LogP contribution in [0.15, 0.2) is 4.99 Å². The number of nitrogens with zero attached hydrogens (tertiary/aromatic N) is 1. The molecule has 140 valence electrons. The molecule has 0 amide bonds. The minimum atomic E-state index is -4.49. The van der Waals surface area contributed by atoms with Crippen molar-refractivity contribution in [3.05, 3.63) is 0 Å². The molecule has 1 heterocycles. The van der Waals surface area contributed by atoms with Crippen LogP contribution >= 0.6 is 0 Å². The van der Waals surface area contributed by atoms with Crippen molar-refractivity contribution < 1.29 is 26.7 Å².